The lowest BCUT2D eigenvalue weighted by atomic mass is 9.99. The van der Waals surface area contributed by atoms with E-state index in [2.05, 4.69) is 76.3 Å². The molecule has 1 aliphatic rings. The summed E-state index contributed by atoms with van der Waals surface area (Å²) in [4.78, 5) is 23.0. The number of aryl methyl sites for hydroxylation is 2. The topological polar surface area (TPSA) is 92.6 Å². The molecule has 0 saturated heterocycles. The van der Waals surface area contributed by atoms with Gasteiger partial charge in [0, 0.05) is 41.9 Å². The summed E-state index contributed by atoms with van der Waals surface area (Å²) in [7, 11) is 0. The molecule has 1 saturated carbocycles. The van der Waals surface area contributed by atoms with Gasteiger partial charge in [-0.25, -0.2) is 4.68 Å². The molecule has 1 atom stereocenters. The lowest BCUT2D eigenvalue weighted by molar-refractivity contribution is 0.123. The van der Waals surface area contributed by atoms with E-state index in [9.17, 15) is 4.79 Å². The van der Waals surface area contributed by atoms with Gasteiger partial charge in [0.15, 0.2) is 5.82 Å². The number of fused-ring (bicyclic) bond motifs is 1. The molecule has 5 rings (SSSR count). The summed E-state index contributed by atoms with van der Waals surface area (Å²) >= 11 is 0. The van der Waals surface area contributed by atoms with Crippen LogP contribution in [0.4, 0.5) is 0 Å². The maximum Gasteiger partial charge on any atom is 0.252 e. The van der Waals surface area contributed by atoms with Crippen LogP contribution in [0.3, 0.4) is 0 Å². The molecule has 36 heavy (non-hydrogen) atoms. The van der Waals surface area contributed by atoms with E-state index < -0.39 is 0 Å². The van der Waals surface area contributed by atoms with E-state index >= 15 is 0 Å². The van der Waals surface area contributed by atoms with E-state index in [-0.39, 0.29) is 17.5 Å². The molecule has 1 N–H and O–H groups in total. The molecular weight excluding hydrogens is 450 g/mol. The first-order valence-corrected chi connectivity index (χ1v) is 12.9. The maximum atomic E-state index is 13.3. The fraction of sp³-hybridized carbons (Fsp3) is 0.464. The number of hydrogen-bond donors (Lipinski definition) is 1. The minimum absolute atomic E-state index is 0.0541. The lowest BCUT2D eigenvalue weighted by Crippen LogP contribution is -2.35. The number of aromatic amines is 1. The Kier molecular flexibility index (Phi) is 6.96. The Morgan fingerprint density at radius 3 is 2.67 bits per heavy atom. The van der Waals surface area contributed by atoms with E-state index in [0.29, 0.717) is 19.1 Å². The highest BCUT2D eigenvalue weighted by atomic mass is 16.1. The molecule has 0 aliphatic heterocycles. The molecule has 1 aromatic carbocycles. The van der Waals surface area contributed by atoms with Crippen molar-refractivity contribution in [3.8, 4) is 0 Å². The van der Waals surface area contributed by atoms with Gasteiger partial charge in [-0.2, -0.15) is 0 Å². The molecule has 3 heterocycles. The van der Waals surface area contributed by atoms with Crippen LogP contribution in [-0.2, 0) is 13.1 Å². The number of H-pyrrole nitrogens is 1. The molecule has 8 heteroatoms. The van der Waals surface area contributed by atoms with Crippen molar-refractivity contribution < 1.29 is 0 Å². The zero-order valence-corrected chi connectivity index (χ0v) is 21.6. The van der Waals surface area contributed by atoms with Crippen LogP contribution in [-0.4, -0.2) is 35.1 Å². The van der Waals surface area contributed by atoms with Gasteiger partial charge in [-0.1, -0.05) is 38.8 Å². The second kappa shape index (κ2) is 10.3. The van der Waals surface area contributed by atoms with Crippen molar-refractivity contribution in [3.63, 3.8) is 0 Å². The average Bonchev–Trinajstić information content (AvgIpc) is 3.52. The number of tetrazole rings is 1. The molecule has 0 radical (unpaired) electrons. The molecule has 1 aliphatic carbocycles. The van der Waals surface area contributed by atoms with E-state index in [1.54, 1.807) is 6.20 Å². The van der Waals surface area contributed by atoms with Gasteiger partial charge in [0.25, 0.3) is 5.56 Å². The Morgan fingerprint density at radius 1 is 1.14 bits per heavy atom. The van der Waals surface area contributed by atoms with E-state index in [4.69, 9.17) is 0 Å². The number of nitrogens with zero attached hydrogens (tertiary/aromatic N) is 6. The first-order valence-electron chi connectivity index (χ1n) is 12.9. The van der Waals surface area contributed by atoms with Crippen LogP contribution in [0.1, 0.15) is 79.7 Å². The third-order valence-electron chi connectivity index (χ3n) is 7.35. The molecular formula is C28H35N7O. The summed E-state index contributed by atoms with van der Waals surface area (Å²) in [5.74, 6) is 1.11. The second-order valence-electron chi connectivity index (χ2n) is 10.5. The smallest absolute Gasteiger partial charge is 0.252 e. The fourth-order valence-electron chi connectivity index (χ4n) is 5.72. The van der Waals surface area contributed by atoms with Gasteiger partial charge in [-0.05, 0) is 77.9 Å². The fourth-order valence-corrected chi connectivity index (χ4v) is 5.72. The summed E-state index contributed by atoms with van der Waals surface area (Å²) in [6.45, 7) is 9.66. The monoisotopic (exact) mass is 485 g/mol. The minimum atomic E-state index is -0.0602. The van der Waals surface area contributed by atoms with Crippen molar-refractivity contribution in [1.29, 1.82) is 0 Å². The van der Waals surface area contributed by atoms with E-state index in [0.717, 1.165) is 51.8 Å². The Balaban J connectivity index is 1.57. The first kappa shape index (κ1) is 24.3. The molecule has 8 nitrogen and oxygen atoms in total. The highest BCUT2D eigenvalue weighted by Crippen LogP contribution is 2.35. The van der Waals surface area contributed by atoms with Gasteiger partial charge in [-0.3, -0.25) is 14.7 Å². The average molecular weight is 486 g/mol. The molecule has 3 aromatic heterocycles. The maximum absolute atomic E-state index is 13.3. The van der Waals surface area contributed by atoms with Crippen molar-refractivity contribution in [2.75, 3.05) is 0 Å². The Morgan fingerprint density at radius 2 is 1.94 bits per heavy atom. The largest absolute Gasteiger partial charge is 0.322 e. The van der Waals surface area contributed by atoms with Crippen LogP contribution in [0.15, 0.2) is 47.5 Å². The number of hydrogen-bond acceptors (Lipinski definition) is 6. The molecule has 1 fully saturated rings. The van der Waals surface area contributed by atoms with Crippen molar-refractivity contribution >= 4 is 10.9 Å². The van der Waals surface area contributed by atoms with Gasteiger partial charge < -0.3 is 4.98 Å². The van der Waals surface area contributed by atoms with E-state index in [1.807, 2.05) is 23.0 Å². The van der Waals surface area contributed by atoms with Crippen LogP contribution in [0.25, 0.3) is 10.9 Å². The summed E-state index contributed by atoms with van der Waals surface area (Å²) in [6, 6.07) is 10.6. The Labute approximate surface area is 211 Å². The SMILES string of the molecule is Cc1cc(C)c2cc(CN(Cc3cccnc3)[C@@H](c3nnnn3C3CCCC3)C(C)C)c(=O)[nH]c2c1. The summed E-state index contributed by atoms with van der Waals surface area (Å²) in [5, 5.41) is 14.1. The van der Waals surface area contributed by atoms with Crippen LogP contribution < -0.4 is 5.56 Å². The minimum Gasteiger partial charge on any atom is -0.322 e. The highest BCUT2D eigenvalue weighted by Gasteiger charge is 2.32. The quantitative estimate of drug-likeness (QED) is 0.376. The second-order valence-corrected chi connectivity index (χ2v) is 10.5. The molecule has 188 valence electrons. The standard InChI is InChI=1S/C28H35N7O/c1-18(2)26(27-31-32-33-35(27)23-9-5-6-10-23)34(16-21-8-7-11-29-15-21)17-22-14-24-20(4)12-19(3)13-25(24)30-28(22)36/h7-8,11-15,18,23,26H,5-6,9-10,16-17H2,1-4H3,(H,30,36)/t26-/m1/s1. The van der Waals surface area contributed by atoms with Gasteiger partial charge in [0.05, 0.1) is 12.1 Å². The highest BCUT2D eigenvalue weighted by molar-refractivity contribution is 5.83. The summed E-state index contributed by atoms with van der Waals surface area (Å²) in [6.07, 6.45) is 8.31. The Hall–Kier alpha value is -3.39. The Bertz CT molecular complexity index is 1390. The third-order valence-corrected chi connectivity index (χ3v) is 7.35. The van der Waals surface area contributed by atoms with Gasteiger partial charge in [0.2, 0.25) is 0 Å². The predicted octanol–water partition coefficient (Wildman–Crippen LogP) is 5.04. The summed E-state index contributed by atoms with van der Waals surface area (Å²) in [5.41, 5.74) is 4.95. The van der Waals surface area contributed by atoms with Crippen molar-refractivity contribution in [3.05, 3.63) is 81.2 Å². The molecule has 0 unspecified atom stereocenters. The van der Waals surface area contributed by atoms with E-state index in [1.165, 1.54) is 12.8 Å². The van der Waals surface area contributed by atoms with Gasteiger partial charge in [-0.15, -0.1) is 5.10 Å². The van der Waals surface area contributed by atoms with Crippen molar-refractivity contribution in [2.24, 2.45) is 5.92 Å². The van der Waals surface area contributed by atoms with Crippen molar-refractivity contribution in [2.45, 2.75) is 78.6 Å². The van der Waals surface area contributed by atoms with Crippen LogP contribution in [0, 0.1) is 19.8 Å². The van der Waals surface area contributed by atoms with Crippen LogP contribution >= 0.6 is 0 Å². The van der Waals surface area contributed by atoms with Gasteiger partial charge >= 0.3 is 0 Å². The normalized spacial score (nSPS) is 15.4. The zero-order chi connectivity index (χ0) is 25.2. The number of aromatic nitrogens is 6. The number of rotatable bonds is 8. The number of nitrogens with one attached hydrogen (secondary N) is 1. The first-order chi connectivity index (χ1) is 17.4. The number of pyridine rings is 2. The molecule has 0 amide bonds. The van der Waals surface area contributed by atoms with Crippen LogP contribution in [0.5, 0.6) is 0 Å². The van der Waals surface area contributed by atoms with Gasteiger partial charge in [0.1, 0.15) is 0 Å². The molecule has 4 aromatic rings. The van der Waals surface area contributed by atoms with Crippen molar-refractivity contribution in [1.82, 2.24) is 35.1 Å². The lowest BCUT2D eigenvalue weighted by Gasteiger charge is -2.34. The summed E-state index contributed by atoms with van der Waals surface area (Å²) < 4.78 is 2.05. The molecule has 0 bridgehead atoms. The number of benzene rings is 1. The predicted molar refractivity (Wildman–Crippen MR) is 140 cm³/mol. The zero-order valence-electron chi connectivity index (χ0n) is 21.6. The van der Waals surface area contributed by atoms with Crippen LogP contribution in [0.2, 0.25) is 0 Å². The third kappa shape index (κ3) is 4.95. The molecule has 0 spiro atoms.